The number of aliphatic carboxylic acids is 1. The molecule has 1 aliphatic heterocycles. The van der Waals surface area contributed by atoms with Crippen molar-refractivity contribution in [1.29, 1.82) is 0 Å². The monoisotopic (exact) mass is 236 g/mol. The summed E-state index contributed by atoms with van der Waals surface area (Å²) in [7, 11) is -3.87. The normalized spacial score (nSPS) is 23.1. The number of carbonyl (C=O) groups excluding carboxylic acids is 1. The van der Waals surface area contributed by atoms with Crippen LogP contribution in [0.15, 0.2) is 0 Å². The minimum absolute atomic E-state index is 0.340. The van der Waals surface area contributed by atoms with Crippen LogP contribution in [-0.2, 0) is 19.8 Å². The Balaban J connectivity index is 2.89. The molecule has 0 aliphatic carbocycles. The van der Waals surface area contributed by atoms with Gasteiger partial charge in [0.05, 0.1) is 6.42 Å². The first-order valence-corrected chi connectivity index (χ1v) is 5.69. The SMILES string of the molecule is CC1(C)NS(=O)(=O)N(CCC(=O)O)C1=O. The lowest BCUT2D eigenvalue weighted by molar-refractivity contribution is -0.137. The van der Waals surface area contributed by atoms with Crippen LogP contribution >= 0.6 is 0 Å². The van der Waals surface area contributed by atoms with Gasteiger partial charge < -0.3 is 5.11 Å². The highest BCUT2D eigenvalue weighted by Crippen LogP contribution is 2.20. The number of rotatable bonds is 3. The van der Waals surface area contributed by atoms with E-state index in [2.05, 4.69) is 4.72 Å². The molecule has 0 spiro atoms. The number of hydrogen-bond acceptors (Lipinski definition) is 4. The molecule has 0 saturated carbocycles. The average molecular weight is 236 g/mol. The maximum Gasteiger partial charge on any atom is 0.305 e. The predicted octanol–water partition coefficient (Wildman–Crippen LogP) is -1.08. The molecule has 0 atom stereocenters. The number of nitrogens with one attached hydrogen (secondary N) is 1. The molecular weight excluding hydrogens is 224 g/mol. The highest BCUT2D eigenvalue weighted by atomic mass is 32.2. The Morgan fingerprint density at radius 2 is 2.07 bits per heavy atom. The van der Waals surface area contributed by atoms with Crippen LogP contribution < -0.4 is 4.72 Å². The van der Waals surface area contributed by atoms with E-state index >= 15 is 0 Å². The van der Waals surface area contributed by atoms with Crippen molar-refractivity contribution in [3.8, 4) is 0 Å². The summed E-state index contributed by atoms with van der Waals surface area (Å²) in [5.41, 5.74) is -1.20. The van der Waals surface area contributed by atoms with Crippen LogP contribution in [0.3, 0.4) is 0 Å². The largest absolute Gasteiger partial charge is 0.481 e. The van der Waals surface area contributed by atoms with Crippen LogP contribution in [0.4, 0.5) is 0 Å². The van der Waals surface area contributed by atoms with E-state index in [9.17, 15) is 18.0 Å². The molecule has 1 fully saturated rings. The molecule has 0 bridgehead atoms. The maximum absolute atomic E-state index is 11.5. The standard InChI is InChI=1S/C7H12N2O5S/c1-7(2)6(12)9(4-3-5(10)11)15(13,14)8-7/h8H,3-4H2,1-2H3,(H,10,11). The van der Waals surface area contributed by atoms with Crippen molar-refractivity contribution in [2.45, 2.75) is 25.8 Å². The Hall–Kier alpha value is -1.15. The van der Waals surface area contributed by atoms with Crippen LogP contribution in [0.5, 0.6) is 0 Å². The number of carbonyl (C=O) groups is 2. The van der Waals surface area contributed by atoms with Gasteiger partial charge in [-0.3, -0.25) is 9.59 Å². The van der Waals surface area contributed by atoms with E-state index < -0.39 is 34.0 Å². The quantitative estimate of drug-likeness (QED) is 0.648. The molecule has 7 nitrogen and oxygen atoms in total. The Bertz CT molecular complexity index is 400. The first kappa shape index (κ1) is 11.9. The van der Waals surface area contributed by atoms with Gasteiger partial charge in [0.25, 0.3) is 5.91 Å². The average Bonchev–Trinajstić information content (AvgIpc) is 2.14. The van der Waals surface area contributed by atoms with Crippen molar-refractivity contribution in [1.82, 2.24) is 9.03 Å². The summed E-state index contributed by atoms with van der Waals surface area (Å²) in [5.74, 6) is -1.79. The summed E-state index contributed by atoms with van der Waals surface area (Å²) in [6, 6.07) is 0. The fraction of sp³-hybridized carbons (Fsp3) is 0.714. The number of hydrogen-bond donors (Lipinski definition) is 2. The van der Waals surface area contributed by atoms with Crippen molar-refractivity contribution in [3.63, 3.8) is 0 Å². The summed E-state index contributed by atoms with van der Waals surface area (Å²) in [6.07, 6.45) is -0.400. The second-order valence-electron chi connectivity index (χ2n) is 3.75. The van der Waals surface area contributed by atoms with Gasteiger partial charge in [-0.2, -0.15) is 13.1 Å². The molecule has 0 aromatic carbocycles. The van der Waals surface area contributed by atoms with E-state index in [-0.39, 0.29) is 6.54 Å². The fourth-order valence-electron chi connectivity index (χ4n) is 1.26. The molecule has 0 radical (unpaired) electrons. The van der Waals surface area contributed by atoms with Gasteiger partial charge in [-0.25, -0.2) is 4.31 Å². The molecular formula is C7H12N2O5S. The lowest BCUT2D eigenvalue weighted by atomic mass is 10.1. The van der Waals surface area contributed by atoms with Gasteiger partial charge in [0, 0.05) is 6.54 Å². The maximum atomic E-state index is 11.5. The minimum Gasteiger partial charge on any atom is -0.481 e. The molecule has 0 aromatic heterocycles. The topological polar surface area (TPSA) is 104 Å². The zero-order chi connectivity index (χ0) is 11.9. The van der Waals surface area contributed by atoms with Gasteiger partial charge >= 0.3 is 16.2 Å². The first-order chi connectivity index (χ1) is 6.67. The minimum atomic E-state index is -3.87. The third-order valence-electron chi connectivity index (χ3n) is 1.96. The Morgan fingerprint density at radius 1 is 1.53 bits per heavy atom. The van der Waals surface area contributed by atoms with E-state index in [0.717, 1.165) is 0 Å². The Kier molecular flexibility index (Phi) is 2.75. The molecule has 2 N–H and O–H groups in total. The highest BCUT2D eigenvalue weighted by molar-refractivity contribution is 7.88. The zero-order valence-corrected chi connectivity index (χ0v) is 9.17. The summed E-state index contributed by atoms with van der Waals surface area (Å²) in [4.78, 5) is 21.8. The van der Waals surface area contributed by atoms with Crippen LogP contribution in [-0.4, -0.2) is 41.8 Å². The van der Waals surface area contributed by atoms with E-state index in [1.165, 1.54) is 13.8 Å². The molecule has 1 aliphatic rings. The van der Waals surface area contributed by atoms with Gasteiger partial charge in [0.15, 0.2) is 0 Å². The van der Waals surface area contributed by atoms with Gasteiger partial charge in [-0.05, 0) is 13.8 Å². The molecule has 8 heteroatoms. The second-order valence-corrected chi connectivity index (χ2v) is 5.35. The Morgan fingerprint density at radius 3 is 2.40 bits per heavy atom. The van der Waals surface area contributed by atoms with E-state index in [1.807, 2.05) is 0 Å². The van der Waals surface area contributed by atoms with Gasteiger partial charge in [-0.15, -0.1) is 0 Å². The van der Waals surface area contributed by atoms with Gasteiger partial charge in [0.1, 0.15) is 5.54 Å². The van der Waals surface area contributed by atoms with Crippen LogP contribution in [0.2, 0.25) is 0 Å². The summed E-state index contributed by atoms with van der Waals surface area (Å²) >= 11 is 0. The molecule has 1 heterocycles. The van der Waals surface area contributed by atoms with E-state index in [1.54, 1.807) is 0 Å². The lowest BCUT2D eigenvalue weighted by Crippen LogP contribution is -2.40. The molecule has 1 saturated heterocycles. The first-order valence-electron chi connectivity index (χ1n) is 4.25. The molecule has 1 rings (SSSR count). The molecule has 86 valence electrons. The van der Waals surface area contributed by atoms with Crippen LogP contribution in [0.1, 0.15) is 20.3 Å². The van der Waals surface area contributed by atoms with Crippen LogP contribution in [0.25, 0.3) is 0 Å². The predicted molar refractivity (Wildman–Crippen MR) is 50.1 cm³/mol. The molecule has 15 heavy (non-hydrogen) atoms. The van der Waals surface area contributed by atoms with E-state index in [0.29, 0.717) is 4.31 Å². The van der Waals surface area contributed by atoms with Crippen molar-refractivity contribution in [2.75, 3.05) is 6.54 Å². The fourth-order valence-corrected chi connectivity index (χ4v) is 2.88. The Labute approximate surface area is 87.2 Å². The van der Waals surface area contributed by atoms with Crippen molar-refractivity contribution < 1.29 is 23.1 Å². The number of nitrogens with zero attached hydrogens (tertiary/aromatic N) is 1. The molecule has 0 unspecified atom stereocenters. The summed E-state index contributed by atoms with van der Waals surface area (Å²) in [5, 5.41) is 8.41. The molecule has 0 aromatic rings. The molecule has 1 amide bonds. The lowest BCUT2D eigenvalue weighted by Gasteiger charge is -2.14. The second kappa shape index (κ2) is 3.46. The number of amides is 1. The van der Waals surface area contributed by atoms with Crippen LogP contribution in [0, 0.1) is 0 Å². The summed E-state index contributed by atoms with van der Waals surface area (Å²) in [6.45, 7) is 2.51. The van der Waals surface area contributed by atoms with Gasteiger partial charge in [-0.1, -0.05) is 0 Å². The summed E-state index contributed by atoms with van der Waals surface area (Å²) < 4.78 is 25.5. The zero-order valence-electron chi connectivity index (χ0n) is 8.35. The van der Waals surface area contributed by atoms with Crippen molar-refractivity contribution in [2.24, 2.45) is 0 Å². The van der Waals surface area contributed by atoms with E-state index in [4.69, 9.17) is 5.11 Å². The third-order valence-corrected chi connectivity index (χ3v) is 3.66. The third kappa shape index (κ3) is 2.26. The number of carboxylic acid groups (broad SMARTS) is 1. The van der Waals surface area contributed by atoms with Gasteiger partial charge in [0.2, 0.25) is 0 Å². The highest BCUT2D eigenvalue weighted by Gasteiger charge is 2.48. The van der Waals surface area contributed by atoms with Crippen molar-refractivity contribution in [3.05, 3.63) is 0 Å². The van der Waals surface area contributed by atoms with Crippen molar-refractivity contribution >= 4 is 22.1 Å². The smallest absolute Gasteiger partial charge is 0.305 e. The number of carboxylic acids is 1.